The van der Waals surface area contributed by atoms with Crippen molar-refractivity contribution in [3.05, 3.63) is 52.2 Å². The monoisotopic (exact) mass is 433 g/mol. The highest BCUT2D eigenvalue weighted by molar-refractivity contribution is 7.89. The highest BCUT2D eigenvalue weighted by atomic mass is 32.2. The summed E-state index contributed by atoms with van der Waals surface area (Å²) in [5.74, 6) is -0.0832. The smallest absolute Gasteiger partial charge is 0.253 e. The highest BCUT2D eigenvalue weighted by Crippen LogP contribution is 2.23. The molecule has 0 bridgehead atoms. The maximum Gasteiger partial charge on any atom is 0.253 e. The average molecular weight is 434 g/mol. The number of benzene rings is 1. The highest BCUT2D eigenvalue weighted by Gasteiger charge is 2.29. The van der Waals surface area contributed by atoms with Gasteiger partial charge in [0.25, 0.3) is 5.91 Å². The Kier molecular flexibility index (Phi) is 6.34. The Labute approximate surface area is 176 Å². The molecule has 4 rings (SSSR count). The first-order valence-electron chi connectivity index (χ1n) is 10.2. The number of carbonyl (C=O) groups excluding carboxylic acids is 1. The fourth-order valence-electron chi connectivity index (χ4n) is 4.18. The second-order valence-corrected chi connectivity index (χ2v) is 10.5. The zero-order valence-electron chi connectivity index (χ0n) is 16.4. The van der Waals surface area contributed by atoms with Crippen LogP contribution in [-0.2, 0) is 16.6 Å². The summed E-state index contributed by atoms with van der Waals surface area (Å²) in [5, 5.41) is 1.91. The predicted molar refractivity (Wildman–Crippen MR) is 115 cm³/mol. The van der Waals surface area contributed by atoms with Crippen LogP contribution in [-0.4, -0.2) is 56.3 Å². The lowest BCUT2D eigenvalue weighted by Gasteiger charge is -2.36. The van der Waals surface area contributed by atoms with Gasteiger partial charge in [-0.25, -0.2) is 13.1 Å². The molecule has 29 heavy (non-hydrogen) atoms. The van der Waals surface area contributed by atoms with Crippen molar-refractivity contribution in [2.75, 3.05) is 26.2 Å². The largest absolute Gasteiger partial charge is 0.339 e. The number of amides is 1. The van der Waals surface area contributed by atoms with E-state index in [-0.39, 0.29) is 17.3 Å². The summed E-state index contributed by atoms with van der Waals surface area (Å²) >= 11 is 1.50. The first kappa shape index (κ1) is 20.5. The van der Waals surface area contributed by atoms with E-state index in [1.165, 1.54) is 49.4 Å². The molecule has 0 radical (unpaired) electrons. The minimum Gasteiger partial charge on any atom is -0.339 e. The number of thiophene rings is 1. The number of sulfonamides is 1. The van der Waals surface area contributed by atoms with E-state index in [1.54, 1.807) is 12.1 Å². The summed E-state index contributed by atoms with van der Waals surface area (Å²) in [6.07, 6.45) is 4.54. The van der Waals surface area contributed by atoms with Gasteiger partial charge in [-0.2, -0.15) is 0 Å². The Morgan fingerprint density at radius 2 is 1.83 bits per heavy atom. The van der Waals surface area contributed by atoms with Gasteiger partial charge in [0, 0.05) is 36.1 Å². The number of carbonyl (C=O) groups is 1. The van der Waals surface area contributed by atoms with Gasteiger partial charge in [0.05, 0.1) is 4.90 Å². The van der Waals surface area contributed by atoms with Gasteiger partial charge in [-0.15, -0.1) is 11.3 Å². The molecule has 6 nitrogen and oxygen atoms in total. The van der Waals surface area contributed by atoms with Gasteiger partial charge < -0.3 is 9.80 Å². The molecule has 2 aliphatic heterocycles. The minimum atomic E-state index is -3.66. The van der Waals surface area contributed by atoms with Crippen molar-refractivity contribution in [2.45, 2.75) is 43.2 Å². The lowest BCUT2D eigenvalue weighted by Crippen LogP contribution is -2.45. The van der Waals surface area contributed by atoms with Crippen LogP contribution in [0.15, 0.2) is 46.7 Å². The second kappa shape index (κ2) is 8.95. The summed E-state index contributed by atoms with van der Waals surface area (Å²) < 4.78 is 27.9. The molecular formula is C21H27N3O3S2. The van der Waals surface area contributed by atoms with E-state index in [1.807, 2.05) is 22.4 Å². The second-order valence-electron chi connectivity index (χ2n) is 7.70. The van der Waals surface area contributed by atoms with Crippen molar-refractivity contribution in [3.63, 3.8) is 0 Å². The van der Waals surface area contributed by atoms with Gasteiger partial charge in [0.1, 0.15) is 0 Å². The topological polar surface area (TPSA) is 69.7 Å². The molecule has 1 amide bonds. The van der Waals surface area contributed by atoms with Crippen molar-refractivity contribution >= 4 is 27.3 Å². The van der Waals surface area contributed by atoms with Crippen LogP contribution in [0, 0.1) is 0 Å². The van der Waals surface area contributed by atoms with Gasteiger partial charge in [-0.1, -0.05) is 12.1 Å². The lowest BCUT2D eigenvalue weighted by atomic mass is 10.0. The van der Waals surface area contributed by atoms with Crippen LogP contribution in [0.1, 0.15) is 40.9 Å². The average Bonchev–Trinajstić information content (AvgIpc) is 3.46. The Balaban J connectivity index is 1.39. The van der Waals surface area contributed by atoms with Crippen molar-refractivity contribution in [1.82, 2.24) is 14.5 Å². The number of nitrogens with one attached hydrogen (secondary N) is 1. The van der Waals surface area contributed by atoms with E-state index in [0.717, 1.165) is 30.8 Å². The quantitative estimate of drug-likeness (QED) is 0.761. The number of hydrogen-bond donors (Lipinski definition) is 1. The number of likely N-dealkylation sites (tertiary alicyclic amines) is 2. The van der Waals surface area contributed by atoms with Gasteiger partial charge in [-0.3, -0.25) is 4.79 Å². The number of hydrogen-bond acceptors (Lipinski definition) is 5. The standard InChI is InChI=1S/C21H27N3O3S2/c25-21(24-12-8-18(9-13-24)23-10-1-2-11-23)17-5-3-7-20(15-17)29(26,27)22-16-19-6-4-14-28-19/h3-7,14-15,18,22H,1-2,8-13,16H2. The molecule has 2 fully saturated rings. The van der Waals surface area contributed by atoms with E-state index >= 15 is 0 Å². The first-order valence-corrected chi connectivity index (χ1v) is 12.5. The Morgan fingerprint density at radius 3 is 2.52 bits per heavy atom. The molecule has 2 aliphatic rings. The number of rotatable bonds is 6. The van der Waals surface area contributed by atoms with Crippen LogP contribution in [0.2, 0.25) is 0 Å². The zero-order chi connectivity index (χ0) is 20.3. The molecule has 0 spiro atoms. The summed E-state index contributed by atoms with van der Waals surface area (Å²) in [5.41, 5.74) is 0.434. The van der Waals surface area contributed by atoms with Crippen LogP contribution >= 0.6 is 11.3 Å². The van der Waals surface area contributed by atoms with E-state index in [0.29, 0.717) is 11.6 Å². The van der Waals surface area contributed by atoms with E-state index in [9.17, 15) is 13.2 Å². The minimum absolute atomic E-state index is 0.0832. The van der Waals surface area contributed by atoms with Crippen LogP contribution in [0.25, 0.3) is 0 Å². The molecule has 1 N–H and O–H groups in total. The third-order valence-corrected chi connectivity index (χ3v) is 8.09. The molecule has 0 saturated carbocycles. The van der Waals surface area contributed by atoms with Crippen molar-refractivity contribution in [2.24, 2.45) is 0 Å². The molecule has 1 aromatic carbocycles. The van der Waals surface area contributed by atoms with Gasteiger partial charge in [0.15, 0.2) is 0 Å². The van der Waals surface area contributed by atoms with E-state index in [4.69, 9.17) is 0 Å². The molecular weight excluding hydrogens is 406 g/mol. The Morgan fingerprint density at radius 1 is 1.07 bits per heavy atom. The van der Waals surface area contributed by atoms with Gasteiger partial charge in [0.2, 0.25) is 10.0 Å². The van der Waals surface area contributed by atoms with Crippen LogP contribution < -0.4 is 4.72 Å². The maximum atomic E-state index is 13.0. The van der Waals surface area contributed by atoms with Crippen molar-refractivity contribution in [1.29, 1.82) is 0 Å². The van der Waals surface area contributed by atoms with Gasteiger partial charge >= 0.3 is 0 Å². The molecule has 2 saturated heterocycles. The summed E-state index contributed by atoms with van der Waals surface area (Å²) in [4.78, 5) is 18.4. The maximum absolute atomic E-state index is 13.0. The molecule has 1 aromatic heterocycles. The molecule has 156 valence electrons. The summed E-state index contributed by atoms with van der Waals surface area (Å²) in [6.45, 7) is 4.07. The van der Waals surface area contributed by atoms with E-state index < -0.39 is 10.0 Å². The lowest BCUT2D eigenvalue weighted by molar-refractivity contribution is 0.0644. The summed E-state index contributed by atoms with van der Waals surface area (Å²) in [7, 11) is -3.66. The van der Waals surface area contributed by atoms with Crippen molar-refractivity contribution < 1.29 is 13.2 Å². The molecule has 2 aromatic rings. The zero-order valence-corrected chi connectivity index (χ0v) is 18.1. The molecule has 8 heteroatoms. The number of nitrogens with zero attached hydrogens (tertiary/aromatic N) is 2. The number of piperidine rings is 1. The molecule has 0 atom stereocenters. The fourth-order valence-corrected chi connectivity index (χ4v) is 5.97. The SMILES string of the molecule is O=C(c1cccc(S(=O)(=O)NCc2cccs2)c1)N1CCC(N2CCCC2)CC1. The van der Waals surface area contributed by atoms with E-state index in [2.05, 4.69) is 9.62 Å². The summed E-state index contributed by atoms with van der Waals surface area (Å²) in [6, 6.07) is 10.7. The molecule has 3 heterocycles. The van der Waals surface area contributed by atoms with Crippen LogP contribution in [0.3, 0.4) is 0 Å². The fraction of sp³-hybridized carbons (Fsp3) is 0.476. The Bertz CT molecular complexity index is 930. The van der Waals surface area contributed by atoms with Crippen LogP contribution in [0.4, 0.5) is 0 Å². The Hall–Kier alpha value is -1.74. The predicted octanol–water partition coefficient (Wildman–Crippen LogP) is 2.93. The third-order valence-electron chi connectivity index (χ3n) is 5.82. The normalized spacial score (nSPS) is 19.0. The van der Waals surface area contributed by atoms with Crippen LogP contribution in [0.5, 0.6) is 0 Å². The van der Waals surface area contributed by atoms with Crippen molar-refractivity contribution in [3.8, 4) is 0 Å². The first-order chi connectivity index (χ1) is 14.0. The molecule has 0 aliphatic carbocycles. The third kappa shape index (κ3) is 4.88. The molecule has 0 unspecified atom stereocenters. The van der Waals surface area contributed by atoms with Gasteiger partial charge in [-0.05, 0) is 68.4 Å².